The summed E-state index contributed by atoms with van der Waals surface area (Å²) < 4.78 is 46.2. The molecule has 0 amide bonds. The zero-order valence-corrected chi connectivity index (χ0v) is 26.1. The van der Waals surface area contributed by atoms with Crippen LogP contribution in [0.1, 0.15) is 89.5 Å². The number of hydrogen-bond donors (Lipinski definition) is 3. The van der Waals surface area contributed by atoms with Gasteiger partial charge in [-0.1, -0.05) is 67.8 Å². The molecule has 2 saturated carbocycles. The topological polar surface area (TPSA) is 62.8 Å². The summed E-state index contributed by atoms with van der Waals surface area (Å²) in [5, 5.41) is 14.8. The van der Waals surface area contributed by atoms with Crippen molar-refractivity contribution in [2.24, 2.45) is 23.7 Å². The lowest BCUT2D eigenvalue weighted by molar-refractivity contribution is -0.187. The average molecular weight is 607 g/mol. The van der Waals surface area contributed by atoms with Gasteiger partial charge in [-0.15, -0.1) is 0 Å². The van der Waals surface area contributed by atoms with Crippen LogP contribution >= 0.6 is 0 Å². The molecular weight excluding hydrogens is 553 g/mol. The molecule has 3 aliphatic carbocycles. The molecule has 0 aromatic heterocycles. The van der Waals surface area contributed by atoms with E-state index in [1.807, 2.05) is 37.3 Å². The summed E-state index contributed by atoms with van der Waals surface area (Å²) >= 11 is 0. The van der Waals surface area contributed by atoms with Crippen molar-refractivity contribution < 1.29 is 27.9 Å². The van der Waals surface area contributed by atoms with E-state index in [9.17, 15) is 18.3 Å². The Morgan fingerprint density at radius 3 is 2.60 bits per heavy atom. The van der Waals surface area contributed by atoms with Crippen LogP contribution in [0.2, 0.25) is 0 Å². The number of ether oxygens (including phenoxy) is 1. The van der Waals surface area contributed by atoms with Gasteiger partial charge in [0.15, 0.2) is 0 Å². The Hall–Kier alpha value is -1.71. The Bertz CT molecular complexity index is 1030. The van der Waals surface area contributed by atoms with Gasteiger partial charge in [0.05, 0.1) is 31.3 Å². The van der Waals surface area contributed by atoms with Gasteiger partial charge in [-0.25, -0.2) is 0 Å². The molecule has 0 spiro atoms. The Morgan fingerprint density at radius 1 is 1.05 bits per heavy atom. The summed E-state index contributed by atoms with van der Waals surface area (Å²) in [6.45, 7) is 4.19. The Morgan fingerprint density at radius 2 is 1.86 bits per heavy atom. The molecule has 0 heterocycles. The van der Waals surface area contributed by atoms with Gasteiger partial charge in [-0.05, 0) is 100 Å². The van der Waals surface area contributed by atoms with Gasteiger partial charge in [-0.3, -0.25) is 0 Å². The van der Waals surface area contributed by atoms with Crippen LogP contribution in [0.5, 0.6) is 0 Å². The van der Waals surface area contributed by atoms with E-state index in [4.69, 9.17) is 9.57 Å². The molecule has 3 aliphatic rings. The molecule has 1 aromatic carbocycles. The third kappa shape index (κ3) is 9.89. The maximum absolute atomic E-state index is 13.3. The monoisotopic (exact) mass is 606 g/mol. The summed E-state index contributed by atoms with van der Waals surface area (Å²) in [5.41, 5.74) is 6.11. The Kier molecular flexibility index (Phi) is 13.2. The highest BCUT2D eigenvalue weighted by Crippen LogP contribution is 2.41. The maximum Gasteiger partial charge on any atom is 0.391 e. The molecule has 4 rings (SSSR count). The largest absolute Gasteiger partial charge is 0.391 e. The van der Waals surface area contributed by atoms with Crippen LogP contribution in [-0.2, 0) is 15.2 Å². The van der Waals surface area contributed by atoms with Crippen LogP contribution in [0.3, 0.4) is 0 Å². The molecule has 2 fully saturated rings. The quantitative estimate of drug-likeness (QED) is 0.134. The number of hydroxylamine groups is 1. The molecular formula is C35H53F3N2O3. The van der Waals surface area contributed by atoms with E-state index < -0.39 is 17.7 Å². The van der Waals surface area contributed by atoms with E-state index in [0.29, 0.717) is 44.9 Å². The minimum Gasteiger partial charge on any atom is -0.385 e. The number of allylic oxidation sites excluding steroid dienone is 3. The standard InChI is InChI=1S/C35H53F3N2O3/c1-3-34(41,30-13-5-4-6-14-30)19-21-39-20-18-32(29-17-16-27-11-7-8-12-28(27)23-29)33(40-42-2)25-43-24-26-10-9-15-31(22-26)35(36,37)38/h4-6,13-14,17,23,26-27,31-33,39-41H,3,7-12,15-16,18-22,24-25H2,1-2H3. The highest BCUT2D eigenvalue weighted by Gasteiger charge is 2.42. The normalized spacial score (nSPS) is 25.7. The summed E-state index contributed by atoms with van der Waals surface area (Å²) in [6.07, 6.45) is 10.6. The molecule has 6 unspecified atom stereocenters. The summed E-state index contributed by atoms with van der Waals surface area (Å²) in [6, 6.07) is 9.73. The lowest BCUT2D eigenvalue weighted by Crippen LogP contribution is -2.42. The lowest BCUT2D eigenvalue weighted by Gasteiger charge is -2.34. The van der Waals surface area contributed by atoms with E-state index in [-0.39, 0.29) is 30.7 Å². The summed E-state index contributed by atoms with van der Waals surface area (Å²) in [4.78, 5) is 5.44. The molecule has 0 saturated heterocycles. The van der Waals surface area contributed by atoms with Gasteiger partial charge in [0.25, 0.3) is 0 Å². The SMILES string of the molecule is CCC(O)(CCNCCC(C1=CCC2CCCCC2=C1)C(COCC1CCCC(C(F)(F)F)C1)NOC)c1ccccc1. The van der Waals surface area contributed by atoms with Crippen LogP contribution < -0.4 is 10.8 Å². The molecule has 0 radical (unpaired) electrons. The number of nitrogens with one attached hydrogen (secondary N) is 2. The molecule has 3 N–H and O–H groups in total. The fraction of sp³-hybridized carbons (Fsp3) is 0.714. The highest BCUT2D eigenvalue weighted by molar-refractivity contribution is 5.33. The predicted octanol–water partition coefficient (Wildman–Crippen LogP) is 7.62. The molecule has 6 atom stereocenters. The molecule has 0 aliphatic heterocycles. The number of aliphatic hydroxyl groups is 1. The number of alkyl halides is 3. The molecule has 1 aromatic rings. The van der Waals surface area contributed by atoms with Crippen molar-refractivity contribution in [2.75, 3.05) is 33.4 Å². The highest BCUT2D eigenvalue weighted by atomic mass is 19.4. The smallest absolute Gasteiger partial charge is 0.385 e. The van der Waals surface area contributed by atoms with Crippen molar-refractivity contribution in [1.29, 1.82) is 0 Å². The lowest BCUT2D eigenvalue weighted by atomic mass is 9.75. The molecule has 5 nitrogen and oxygen atoms in total. The first-order chi connectivity index (χ1) is 20.7. The Labute approximate surface area is 256 Å². The third-order valence-electron chi connectivity index (χ3n) is 10.1. The van der Waals surface area contributed by atoms with Crippen LogP contribution in [0.15, 0.2) is 53.6 Å². The van der Waals surface area contributed by atoms with E-state index in [1.54, 1.807) is 12.7 Å². The van der Waals surface area contributed by atoms with Crippen molar-refractivity contribution in [2.45, 2.75) is 102 Å². The van der Waals surface area contributed by atoms with Crippen LogP contribution in [0.4, 0.5) is 13.2 Å². The maximum atomic E-state index is 13.3. The van der Waals surface area contributed by atoms with Gasteiger partial charge in [0.2, 0.25) is 0 Å². The molecule has 8 heteroatoms. The fourth-order valence-electron chi connectivity index (χ4n) is 7.41. The summed E-state index contributed by atoms with van der Waals surface area (Å²) in [7, 11) is 1.61. The minimum absolute atomic E-state index is 0.0652. The van der Waals surface area contributed by atoms with Gasteiger partial charge < -0.3 is 20.0 Å². The van der Waals surface area contributed by atoms with Crippen LogP contribution in [-0.4, -0.2) is 50.7 Å². The minimum atomic E-state index is -4.12. The zero-order chi connectivity index (χ0) is 30.7. The second-order valence-electron chi connectivity index (χ2n) is 13.0. The fourth-order valence-corrected chi connectivity index (χ4v) is 7.41. The summed E-state index contributed by atoms with van der Waals surface area (Å²) in [5.74, 6) is -0.504. The molecule has 43 heavy (non-hydrogen) atoms. The Balaban J connectivity index is 1.37. The van der Waals surface area contributed by atoms with Crippen LogP contribution in [0, 0.1) is 23.7 Å². The molecule has 242 valence electrons. The van der Waals surface area contributed by atoms with Crippen LogP contribution in [0.25, 0.3) is 0 Å². The van der Waals surface area contributed by atoms with E-state index in [0.717, 1.165) is 37.8 Å². The second-order valence-corrected chi connectivity index (χ2v) is 13.0. The second kappa shape index (κ2) is 16.6. The number of fused-ring (bicyclic) bond motifs is 1. The van der Waals surface area contributed by atoms with Crippen molar-refractivity contribution in [3.05, 3.63) is 59.2 Å². The van der Waals surface area contributed by atoms with Crippen molar-refractivity contribution >= 4 is 0 Å². The predicted molar refractivity (Wildman–Crippen MR) is 165 cm³/mol. The third-order valence-corrected chi connectivity index (χ3v) is 10.1. The number of benzene rings is 1. The average Bonchev–Trinajstić information content (AvgIpc) is 3.02. The van der Waals surface area contributed by atoms with E-state index >= 15 is 0 Å². The van der Waals surface area contributed by atoms with Gasteiger partial charge in [-0.2, -0.15) is 18.7 Å². The van der Waals surface area contributed by atoms with Gasteiger partial charge in [0.1, 0.15) is 0 Å². The number of halogens is 3. The van der Waals surface area contributed by atoms with Gasteiger partial charge >= 0.3 is 6.18 Å². The number of rotatable bonds is 16. The number of hydrogen-bond acceptors (Lipinski definition) is 5. The van der Waals surface area contributed by atoms with E-state index in [2.05, 4.69) is 22.9 Å². The van der Waals surface area contributed by atoms with E-state index in [1.165, 1.54) is 24.8 Å². The zero-order valence-electron chi connectivity index (χ0n) is 26.1. The van der Waals surface area contributed by atoms with Gasteiger partial charge in [0, 0.05) is 12.5 Å². The first-order valence-corrected chi connectivity index (χ1v) is 16.6. The van der Waals surface area contributed by atoms with Crippen molar-refractivity contribution in [3.63, 3.8) is 0 Å². The first kappa shape index (κ1) is 34.2. The van der Waals surface area contributed by atoms with Crippen molar-refractivity contribution in [1.82, 2.24) is 10.8 Å². The first-order valence-electron chi connectivity index (χ1n) is 16.6. The van der Waals surface area contributed by atoms with Crippen molar-refractivity contribution in [3.8, 4) is 0 Å². The molecule has 0 bridgehead atoms.